The van der Waals surface area contributed by atoms with Gasteiger partial charge >= 0.3 is 5.97 Å². The van der Waals surface area contributed by atoms with Gasteiger partial charge in [-0.15, -0.1) is 0 Å². The summed E-state index contributed by atoms with van der Waals surface area (Å²) in [7, 11) is 1.46. The van der Waals surface area contributed by atoms with Crippen LogP contribution in [0.3, 0.4) is 0 Å². The molecule has 2 aliphatic heterocycles. The highest BCUT2D eigenvalue weighted by atomic mass is 16.5. The van der Waals surface area contributed by atoms with Gasteiger partial charge in [0, 0.05) is 13.2 Å². The number of hydrogen-bond acceptors (Lipinski definition) is 8. The maximum atomic E-state index is 11.9. The normalized spacial score (nSPS) is 24.6. The molecule has 0 spiro atoms. The molecule has 1 saturated carbocycles. The van der Waals surface area contributed by atoms with Gasteiger partial charge in [0.05, 0.1) is 32.3 Å². The molecule has 0 amide bonds. The molecule has 1 aromatic carbocycles. The summed E-state index contributed by atoms with van der Waals surface area (Å²) < 4.78 is 28.6. The first-order valence-electron chi connectivity index (χ1n) is 12.8. The summed E-state index contributed by atoms with van der Waals surface area (Å²) in [5.41, 5.74) is 0.702. The Balaban J connectivity index is 1.09. The van der Waals surface area contributed by atoms with E-state index < -0.39 is 0 Å². The maximum absolute atomic E-state index is 11.9. The van der Waals surface area contributed by atoms with Crippen LogP contribution in [0.1, 0.15) is 44.9 Å². The fourth-order valence-electron chi connectivity index (χ4n) is 5.23. The highest BCUT2D eigenvalue weighted by Crippen LogP contribution is 2.36. The Morgan fingerprint density at radius 2 is 1.88 bits per heavy atom. The van der Waals surface area contributed by atoms with Crippen LogP contribution in [0.25, 0.3) is 11.0 Å². The number of rotatable bonds is 9. The Hall–Kier alpha value is -2.32. The molecular weight excluding hydrogens is 436 g/mol. The molecule has 3 fully saturated rings. The van der Waals surface area contributed by atoms with Crippen molar-refractivity contribution in [2.45, 2.75) is 51.0 Å². The standard InChI is InChI=1S/C26H36N2O6/c1-30-26(29)20-10-13-31-21(14-20)15-28-11-8-19(9-12-28)17-33-25-24-22(32-16-18-4-2-5-18)6-3-7-23(24)34-27-25/h3,6-7,18-21H,2,4-5,8-17H2,1H3. The van der Waals surface area contributed by atoms with Crippen LogP contribution in [0.5, 0.6) is 11.6 Å². The molecule has 3 heterocycles. The fraction of sp³-hybridized carbons (Fsp3) is 0.692. The third-order valence-corrected chi connectivity index (χ3v) is 7.65. The van der Waals surface area contributed by atoms with Crippen molar-refractivity contribution < 1.29 is 28.3 Å². The van der Waals surface area contributed by atoms with Gasteiger partial charge in [0.25, 0.3) is 5.88 Å². The van der Waals surface area contributed by atoms with E-state index in [0.29, 0.717) is 36.5 Å². The second kappa shape index (κ2) is 11.0. The third kappa shape index (κ3) is 5.49. The van der Waals surface area contributed by atoms with E-state index in [-0.39, 0.29) is 18.0 Å². The number of benzene rings is 1. The molecule has 8 heteroatoms. The molecule has 2 saturated heterocycles. The Morgan fingerprint density at radius 1 is 1.09 bits per heavy atom. The van der Waals surface area contributed by atoms with Gasteiger partial charge in [0.1, 0.15) is 11.1 Å². The number of carbonyl (C=O) groups is 1. The number of likely N-dealkylation sites (tertiary alicyclic amines) is 1. The Kier molecular flexibility index (Phi) is 7.54. The summed E-state index contributed by atoms with van der Waals surface area (Å²) in [6.45, 7) is 4.88. The molecular formula is C26H36N2O6. The van der Waals surface area contributed by atoms with Gasteiger partial charge in [-0.2, -0.15) is 0 Å². The van der Waals surface area contributed by atoms with Crippen molar-refractivity contribution in [3.8, 4) is 11.6 Å². The second-order valence-electron chi connectivity index (χ2n) is 10.0. The van der Waals surface area contributed by atoms with Crippen molar-refractivity contribution >= 4 is 16.9 Å². The number of fused-ring (bicyclic) bond motifs is 1. The third-order valence-electron chi connectivity index (χ3n) is 7.65. The van der Waals surface area contributed by atoms with Crippen molar-refractivity contribution in [1.82, 2.24) is 10.1 Å². The summed E-state index contributed by atoms with van der Waals surface area (Å²) in [5.74, 6) is 2.33. The molecule has 8 nitrogen and oxygen atoms in total. The lowest BCUT2D eigenvalue weighted by molar-refractivity contribution is -0.151. The van der Waals surface area contributed by atoms with E-state index in [1.807, 2.05) is 18.2 Å². The number of aromatic nitrogens is 1. The van der Waals surface area contributed by atoms with Crippen LogP contribution in [0.2, 0.25) is 0 Å². The van der Waals surface area contributed by atoms with Crippen LogP contribution >= 0.6 is 0 Å². The van der Waals surface area contributed by atoms with E-state index in [4.69, 9.17) is 23.5 Å². The number of ether oxygens (including phenoxy) is 4. The van der Waals surface area contributed by atoms with Crippen LogP contribution in [0, 0.1) is 17.8 Å². The minimum atomic E-state index is -0.110. The fourth-order valence-corrected chi connectivity index (χ4v) is 5.23. The van der Waals surface area contributed by atoms with E-state index >= 15 is 0 Å². The van der Waals surface area contributed by atoms with Crippen LogP contribution in [-0.4, -0.2) is 68.7 Å². The molecule has 2 aromatic rings. The van der Waals surface area contributed by atoms with Crippen molar-refractivity contribution in [1.29, 1.82) is 0 Å². The SMILES string of the molecule is COC(=O)C1CCOC(CN2CCC(COc3noc4cccc(OCC5CCC5)c34)CC2)C1. The summed E-state index contributed by atoms with van der Waals surface area (Å²) in [6.07, 6.45) is 7.54. The number of nitrogens with zero attached hydrogens (tertiary/aromatic N) is 2. The smallest absolute Gasteiger partial charge is 0.308 e. The van der Waals surface area contributed by atoms with Crippen LogP contribution in [-0.2, 0) is 14.3 Å². The van der Waals surface area contributed by atoms with E-state index in [1.165, 1.54) is 26.4 Å². The molecule has 0 N–H and O–H groups in total. The number of esters is 1. The first-order valence-corrected chi connectivity index (χ1v) is 12.8. The first-order chi connectivity index (χ1) is 16.7. The minimum absolute atomic E-state index is 0.0328. The van der Waals surface area contributed by atoms with Gasteiger partial charge in [0.2, 0.25) is 0 Å². The van der Waals surface area contributed by atoms with Crippen LogP contribution in [0.15, 0.2) is 22.7 Å². The zero-order valence-electron chi connectivity index (χ0n) is 20.1. The zero-order chi connectivity index (χ0) is 23.3. The van der Waals surface area contributed by atoms with Gasteiger partial charge in [-0.3, -0.25) is 4.79 Å². The number of methoxy groups -OCH3 is 1. The van der Waals surface area contributed by atoms with Gasteiger partial charge in [-0.05, 0) is 80.7 Å². The number of piperidine rings is 1. The van der Waals surface area contributed by atoms with Gasteiger partial charge < -0.3 is 28.4 Å². The zero-order valence-corrected chi connectivity index (χ0v) is 20.1. The number of hydrogen-bond donors (Lipinski definition) is 0. The highest BCUT2D eigenvalue weighted by Gasteiger charge is 2.31. The van der Waals surface area contributed by atoms with E-state index in [9.17, 15) is 4.79 Å². The first kappa shape index (κ1) is 23.4. The lowest BCUT2D eigenvalue weighted by Gasteiger charge is -2.36. The Labute approximate surface area is 200 Å². The molecule has 5 rings (SSSR count). The average Bonchev–Trinajstić information content (AvgIpc) is 3.26. The molecule has 186 valence electrons. The van der Waals surface area contributed by atoms with Crippen molar-refractivity contribution in [3.05, 3.63) is 18.2 Å². The van der Waals surface area contributed by atoms with E-state index in [2.05, 4.69) is 10.1 Å². The summed E-state index contributed by atoms with van der Waals surface area (Å²) in [4.78, 5) is 14.3. The molecule has 1 aliphatic carbocycles. The monoisotopic (exact) mass is 472 g/mol. The second-order valence-corrected chi connectivity index (χ2v) is 10.0. The molecule has 34 heavy (non-hydrogen) atoms. The average molecular weight is 473 g/mol. The van der Waals surface area contributed by atoms with Crippen LogP contribution < -0.4 is 9.47 Å². The lowest BCUT2D eigenvalue weighted by Crippen LogP contribution is -2.43. The largest absolute Gasteiger partial charge is 0.492 e. The maximum Gasteiger partial charge on any atom is 0.308 e. The van der Waals surface area contributed by atoms with Crippen molar-refractivity contribution in [3.63, 3.8) is 0 Å². The summed E-state index contributed by atoms with van der Waals surface area (Å²) >= 11 is 0. The van der Waals surface area contributed by atoms with E-state index in [0.717, 1.165) is 63.1 Å². The lowest BCUT2D eigenvalue weighted by atomic mass is 9.86. The van der Waals surface area contributed by atoms with Gasteiger partial charge in [-0.1, -0.05) is 12.5 Å². The summed E-state index contributed by atoms with van der Waals surface area (Å²) in [6, 6.07) is 5.82. The molecule has 1 aromatic heterocycles. The molecule has 2 unspecified atom stereocenters. The highest BCUT2D eigenvalue weighted by molar-refractivity contribution is 5.88. The van der Waals surface area contributed by atoms with Gasteiger partial charge in [-0.25, -0.2) is 0 Å². The van der Waals surface area contributed by atoms with Gasteiger partial charge in [0.15, 0.2) is 5.58 Å². The molecule has 2 atom stereocenters. The van der Waals surface area contributed by atoms with E-state index in [1.54, 1.807) is 0 Å². The Morgan fingerprint density at radius 3 is 2.65 bits per heavy atom. The molecule has 0 radical (unpaired) electrons. The topological polar surface area (TPSA) is 83.3 Å². The quantitative estimate of drug-likeness (QED) is 0.505. The van der Waals surface area contributed by atoms with Crippen molar-refractivity contribution in [2.24, 2.45) is 17.8 Å². The van der Waals surface area contributed by atoms with Crippen molar-refractivity contribution in [2.75, 3.05) is 46.6 Å². The predicted molar refractivity (Wildman–Crippen MR) is 126 cm³/mol. The van der Waals surface area contributed by atoms with Crippen LogP contribution in [0.4, 0.5) is 0 Å². The minimum Gasteiger partial charge on any atom is -0.492 e. The molecule has 0 bridgehead atoms. The molecule has 3 aliphatic rings. The summed E-state index contributed by atoms with van der Waals surface area (Å²) in [5, 5.41) is 5.02. The predicted octanol–water partition coefficient (Wildman–Crippen LogP) is 4.07. The Bertz CT molecular complexity index is 950. The number of carbonyl (C=O) groups excluding carboxylic acids is 1.